The third-order valence-corrected chi connectivity index (χ3v) is 12.7. The molecule has 392 valence electrons. The summed E-state index contributed by atoms with van der Waals surface area (Å²) in [6.07, 6.45) is 81.3. The molecular formula is C63H110O5. The van der Waals surface area contributed by atoms with E-state index in [2.05, 4.69) is 98.9 Å². The van der Waals surface area contributed by atoms with E-state index in [-0.39, 0.29) is 25.2 Å². The van der Waals surface area contributed by atoms with Gasteiger partial charge < -0.3 is 14.6 Å². The molecule has 5 nitrogen and oxygen atoms in total. The summed E-state index contributed by atoms with van der Waals surface area (Å²) in [5.41, 5.74) is 0. The summed E-state index contributed by atoms with van der Waals surface area (Å²) in [5, 5.41) is 9.66. The molecule has 0 aliphatic rings. The number of allylic oxidation sites excluding steroid dienone is 14. The Hall–Kier alpha value is -2.92. The molecule has 0 rings (SSSR count). The molecule has 68 heavy (non-hydrogen) atoms. The van der Waals surface area contributed by atoms with E-state index < -0.39 is 6.10 Å². The number of ether oxygens (including phenoxy) is 2. The number of esters is 2. The molecule has 0 fully saturated rings. The fourth-order valence-electron chi connectivity index (χ4n) is 8.36. The van der Waals surface area contributed by atoms with Crippen molar-refractivity contribution in [1.29, 1.82) is 0 Å². The molecule has 0 aliphatic carbocycles. The summed E-state index contributed by atoms with van der Waals surface area (Å²) in [6.45, 7) is 4.04. The second-order valence-electron chi connectivity index (χ2n) is 19.3. The fourth-order valence-corrected chi connectivity index (χ4v) is 8.36. The van der Waals surface area contributed by atoms with Gasteiger partial charge in [0.2, 0.25) is 0 Å². The Morgan fingerprint density at radius 1 is 0.353 bits per heavy atom. The molecule has 1 unspecified atom stereocenters. The van der Waals surface area contributed by atoms with Crippen molar-refractivity contribution in [2.45, 2.75) is 290 Å². The Labute approximate surface area is 422 Å². The summed E-state index contributed by atoms with van der Waals surface area (Å²) < 4.78 is 10.7. The van der Waals surface area contributed by atoms with Gasteiger partial charge in [0, 0.05) is 12.8 Å². The molecule has 1 N–H and O–H groups in total. The predicted molar refractivity (Wildman–Crippen MR) is 297 cm³/mol. The Kier molecular flexibility index (Phi) is 55.9. The maximum Gasteiger partial charge on any atom is 0.306 e. The highest BCUT2D eigenvalue weighted by molar-refractivity contribution is 5.70. The van der Waals surface area contributed by atoms with E-state index in [1.807, 2.05) is 0 Å². The normalized spacial score (nSPS) is 12.8. The number of carbonyl (C=O) groups is 2. The summed E-state index contributed by atoms with van der Waals surface area (Å²) in [7, 11) is 0. The average Bonchev–Trinajstić information content (AvgIpc) is 3.34. The molecule has 0 aliphatic heterocycles. The highest BCUT2D eigenvalue weighted by Gasteiger charge is 2.16. The van der Waals surface area contributed by atoms with Crippen molar-refractivity contribution in [2.24, 2.45) is 0 Å². The van der Waals surface area contributed by atoms with Crippen molar-refractivity contribution >= 4 is 11.9 Å². The zero-order valence-electron chi connectivity index (χ0n) is 44.9. The second-order valence-corrected chi connectivity index (χ2v) is 19.3. The van der Waals surface area contributed by atoms with Gasteiger partial charge in [-0.1, -0.05) is 285 Å². The molecule has 0 aromatic heterocycles. The van der Waals surface area contributed by atoms with Crippen LogP contribution < -0.4 is 0 Å². The van der Waals surface area contributed by atoms with E-state index in [4.69, 9.17) is 9.47 Å². The van der Waals surface area contributed by atoms with Crippen molar-refractivity contribution in [3.63, 3.8) is 0 Å². The highest BCUT2D eigenvalue weighted by Crippen LogP contribution is 2.17. The molecular weight excluding hydrogens is 837 g/mol. The molecule has 0 heterocycles. The highest BCUT2D eigenvalue weighted by atomic mass is 16.6. The van der Waals surface area contributed by atoms with Crippen LogP contribution in [0.4, 0.5) is 0 Å². The zero-order valence-corrected chi connectivity index (χ0v) is 44.9. The van der Waals surface area contributed by atoms with Gasteiger partial charge in [0.1, 0.15) is 6.61 Å². The number of unbranched alkanes of at least 4 members (excludes halogenated alkanes) is 31. The molecule has 0 spiro atoms. The van der Waals surface area contributed by atoms with Gasteiger partial charge in [-0.3, -0.25) is 9.59 Å². The SMILES string of the molecule is CC/C=C\C/C=C\C/C=C\C/C=C\C/C=C\C/C=C\C/C=C\CCCCCCCC(=O)OC(CO)COC(=O)CCCCCCCCCCCCCCCCCCCCCCCCCCCCC. The maximum atomic E-state index is 12.3. The summed E-state index contributed by atoms with van der Waals surface area (Å²) in [4.78, 5) is 24.5. The van der Waals surface area contributed by atoms with E-state index in [0.717, 1.165) is 103 Å². The van der Waals surface area contributed by atoms with Crippen LogP contribution >= 0.6 is 0 Å². The topological polar surface area (TPSA) is 72.8 Å². The monoisotopic (exact) mass is 947 g/mol. The molecule has 0 bridgehead atoms. The van der Waals surface area contributed by atoms with Crippen molar-refractivity contribution in [3.8, 4) is 0 Å². The standard InChI is InChI=1S/C63H110O5/c1-3-5-7-9-11-13-15-17-19-21-23-25-27-29-31-33-35-37-39-41-43-45-47-49-51-53-55-57-62(65)67-60-61(59-64)68-63(66)58-56-54-52-50-48-46-44-42-40-38-36-34-32-30-28-26-24-22-20-18-16-14-12-10-8-6-4-2/h6,8,12,14,18,20,24,26,30,32,36,38,42,44,61,64H,3-5,7,9-11,13,15-17,19,21-23,25,27-29,31,33-35,37,39-41,43,45-60H2,1-2H3/b8-6-,14-12-,20-18-,26-24-,32-30-,38-36-,44-42-. The van der Waals surface area contributed by atoms with Gasteiger partial charge in [0.25, 0.3) is 0 Å². The molecule has 0 aromatic rings. The van der Waals surface area contributed by atoms with Crippen LogP contribution in [0.15, 0.2) is 85.1 Å². The van der Waals surface area contributed by atoms with Gasteiger partial charge >= 0.3 is 11.9 Å². The Morgan fingerprint density at radius 2 is 0.632 bits per heavy atom. The average molecular weight is 948 g/mol. The van der Waals surface area contributed by atoms with Crippen LogP contribution in [0.5, 0.6) is 0 Å². The largest absolute Gasteiger partial charge is 0.462 e. The maximum absolute atomic E-state index is 12.3. The number of hydrogen-bond acceptors (Lipinski definition) is 5. The molecule has 5 heteroatoms. The van der Waals surface area contributed by atoms with Crippen molar-refractivity contribution in [3.05, 3.63) is 85.1 Å². The van der Waals surface area contributed by atoms with Gasteiger partial charge in [-0.2, -0.15) is 0 Å². The third kappa shape index (κ3) is 55.7. The fraction of sp³-hybridized carbons (Fsp3) is 0.746. The lowest BCUT2D eigenvalue weighted by Crippen LogP contribution is -2.28. The van der Waals surface area contributed by atoms with Crippen LogP contribution in [0.25, 0.3) is 0 Å². The predicted octanol–water partition coefficient (Wildman–Crippen LogP) is 19.8. The first-order valence-corrected chi connectivity index (χ1v) is 29.1. The lowest BCUT2D eigenvalue weighted by molar-refractivity contribution is -0.161. The quantitative estimate of drug-likeness (QED) is 0.0374. The Bertz CT molecular complexity index is 1250. The van der Waals surface area contributed by atoms with Gasteiger partial charge in [0.05, 0.1) is 6.61 Å². The summed E-state index contributed by atoms with van der Waals surface area (Å²) >= 11 is 0. The minimum absolute atomic E-state index is 0.0752. The van der Waals surface area contributed by atoms with E-state index in [9.17, 15) is 14.7 Å². The molecule has 1 atom stereocenters. The van der Waals surface area contributed by atoms with Crippen LogP contribution in [0.2, 0.25) is 0 Å². The Morgan fingerprint density at radius 3 is 0.956 bits per heavy atom. The molecule has 0 radical (unpaired) electrons. The van der Waals surface area contributed by atoms with Crippen LogP contribution in [0.3, 0.4) is 0 Å². The molecule has 0 aromatic carbocycles. The number of carbonyl (C=O) groups excluding carboxylic acids is 2. The smallest absolute Gasteiger partial charge is 0.306 e. The van der Waals surface area contributed by atoms with Crippen molar-refractivity contribution in [2.75, 3.05) is 13.2 Å². The first-order valence-electron chi connectivity index (χ1n) is 29.1. The minimum Gasteiger partial charge on any atom is -0.462 e. The van der Waals surface area contributed by atoms with Gasteiger partial charge in [-0.15, -0.1) is 0 Å². The van der Waals surface area contributed by atoms with E-state index in [0.29, 0.717) is 12.8 Å². The molecule has 0 saturated carbocycles. The van der Waals surface area contributed by atoms with Gasteiger partial charge in [0.15, 0.2) is 6.10 Å². The molecule has 0 amide bonds. The van der Waals surface area contributed by atoms with E-state index in [1.54, 1.807) is 0 Å². The lowest BCUT2D eigenvalue weighted by Gasteiger charge is -2.15. The van der Waals surface area contributed by atoms with Crippen LogP contribution in [0, 0.1) is 0 Å². The first-order chi connectivity index (χ1) is 33.6. The van der Waals surface area contributed by atoms with Crippen molar-refractivity contribution < 1.29 is 24.2 Å². The summed E-state index contributed by atoms with van der Waals surface area (Å²) in [5.74, 6) is -0.606. The minimum atomic E-state index is -0.787. The van der Waals surface area contributed by atoms with E-state index in [1.165, 1.54) is 154 Å². The van der Waals surface area contributed by atoms with E-state index >= 15 is 0 Å². The van der Waals surface area contributed by atoms with Gasteiger partial charge in [-0.25, -0.2) is 0 Å². The lowest BCUT2D eigenvalue weighted by atomic mass is 10.0. The Balaban J connectivity index is 3.53. The second kappa shape index (κ2) is 58.4. The third-order valence-electron chi connectivity index (χ3n) is 12.7. The number of aliphatic hydroxyl groups excluding tert-OH is 1. The number of aliphatic hydroxyl groups is 1. The summed E-state index contributed by atoms with van der Waals surface area (Å²) in [6, 6.07) is 0. The van der Waals surface area contributed by atoms with Crippen molar-refractivity contribution in [1.82, 2.24) is 0 Å². The van der Waals surface area contributed by atoms with Crippen LogP contribution in [0.1, 0.15) is 284 Å². The first kappa shape index (κ1) is 65.1. The van der Waals surface area contributed by atoms with Gasteiger partial charge in [-0.05, 0) is 70.6 Å². The zero-order chi connectivity index (χ0) is 49.2. The van der Waals surface area contributed by atoms with Crippen LogP contribution in [-0.2, 0) is 19.1 Å². The molecule has 0 saturated heterocycles. The number of rotatable bonds is 53. The number of hydrogen-bond donors (Lipinski definition) is 1. The van der Waals surface area contributed by atoms with Crippen LogP contribution in [-0.4, -0.2) is 36.4 Å².